The van der Waals surface area contributed by atoms with E-state index in [1.165, 1.54) is 7.11 Å². The molecule has 2 N–H and O–H groups in total. The Morgan fingerprint density at radius 1 is 1.75 bits per heavy atom. The highest BCUT2D eigenvalue weighted by Crippen LogP contribution is 2.14. The zero-order valence-corrected chi connectivity index (χ0v) is 7.09. The Labute approximate surface area is 70.3 Å². The number of methoxy groups -OCH3 is 1. The van der Waals surface area contributed by atoms with Crippen LogP contribution >= 0.6 is 0 Å². The molecule has 12 heavy (non-hydrogen) atoms. The molecule has 0 amide bonds. The van der Waals surface area contributed by atoms with Gasteiger partial charge in [-0.25, -0.2) is 4.79 Å². The molecule has 4 heteroatoms. The summed E-state index contributed by atoms with van der Waals surface area (Å²) in [6.07, 6.45) is 0. The minimum absolute atomic E-state index is 0.234. The van der Waals surface area contributed by atoms with Gasteiger partial charge in [0.05, 0.1) is 13.7 Å². The normalized spacial score (nSPS) is 9.92. The number of hydrogen-bond donors (Lipinski definition) is 1. The van der Waals surface area contributed by atoms with Crippen molar-refractivity contribution < 1.29 is 13.9 Å². The van der Waals surface area contributed by atoms with E-state index >= 15 is 0 Å². The fraction of sp³-hybridized carbons (Fsp3) is 0.375. The first kappa shape index (κ1) is 8.80. The van der Waals surface area contributed by atoms with Crippen LogP contribution in [0.15, 0.2) is 10.5 Å². The fourth-order valence-corrected chi connectivity index (χ4v) is 0.944. The van der Waals surface area contributed by atoms with Crippen LogP contribution < -0.4 is 5.73 Å². The number of carbonyl (C=O) groups excluding carboxylic acids is 1. The SMILES string of the molecule is COC(=O)c1oc(CN)cc1C. The standard InChI is InChI=1S/C8H11NO3/c1-5-3-6(4-9)12-7(5)8(10)11-2/h3H,4,9H2,1-2H3. The van der Waals surface area contributed by atoms with Crippen molar-refractivity contribution >= 4 is 5.97 Å². The van der Waals surface area contributed by atoms with E-state index in [1.54, 1.807) is 13.0 Å². The van der Waals surface area contributed by atoms with E-state index in [0.717, 1.165) is 5.56 Å². The molecule has 66 valence electrons. The molecule has 4 nitrogen and oxygen atoms in total. The summed E-state index contributed by atoms with van der Waals surface area (Å²) in [5.41, 5.74) is 6.08. The summed E-state index contributed by atoms with van der Waals surface area (Å²) in [6, 6.07) is 1.73. The van der Waals surface area contributed by atoms with Crippen LogP contribution in [0.3, 0.4) is 0 Å². The highest BCUT2D eigenvalue weighted by atomic mass is 16.5. The molecule has 1 aromatic rings. The van der Waals surface area contributed by atoms with Gasteiger partial charge in [0.1, 0.15) is 5.76 Å². The third kappa shape index (κ3) is 1.48. The Bertz CT molecular complexity index is 290. The first-order valence-electron chi connectivity index (χ1n) is 3.56. The van der Waals surface area contributed by atoms with Crippen molar-refractivity contribution in [3.05, 3.63) is 23.2 Å². The summed E-state index contributed by atoms with van der Waals surface area (Å²) in [7, 11) is 1.31. The lowest BCUT2D eigenvalue weighted by Crippen LogP contribution is -2.00. The van der Waals surface area contributed by atoms with Crippen LogP contribution in [0.2, 0.25) is 0 Å². The number of furan rings is 1. The van der Waals surface area contributed by atoms with E-state index in [9.17, 15) is 4.79 Å². The van der Waals surface area contributed by atoms with Crippen LogP contribution in [0.25, 0.3) is 0 Å². The van der Waals surface area contributed by atoms with Gasteiger partial charge in [0.25, 0.3) is 0 Å². The van der Waals surface area contributed by atoms with Gasteiger partial charge in [0.2, 0.25) is 5.76 Å². The third-order valence-electron chi connectivity index (χ3n) is 1.54. The van der Waals surface area contributed by atoms with Gasteiger partial charge in [-0.2, -0.15) is 0 Å². The Kier molecular flexibility index (Phi) is 2.50. The average Bonchev–Trinajstić information content (AvgIpc) is 2.45. The molecule has 1 aromatic heterocycles. The molecule has 0 aromatic carbocycles. The molecule has 0 radical (unpaired) electrons. The number of ether oxygens (including phenoxy) is 1. The van der Waals surface area contributed by atoms with Gasteiger partial charge in [-0.15, -0.1) is 0 Å². The molecule has 0 atom stereocenters. The van der Waals surface area contributed by atoms with E-state index in [1.807, 2.05) is 0 Å². The lowest BCUT2D eigenvalue weighted by Gasteiger charge is -1.94. The monoisotopic (exact) mass is 169 g/mol. The largest absolute Gasteiger partial charge is 0.463 e. The molecule has 0 aliphatic carbocycles. The molecule has 1 rings (SSSR count). The second kappa shape index (κ2) is 3.40. The van der Waals surface area contributed by atoms with Gasteiger partial charge < -0.3 is 14.9 Å². The fourth-order valence-electron chi connectivity index (χ4n) is 0.944. The van der Waals surface area contributed by atoms with E-state index in [0.29, 0.717) is 5.76 Å². The summed E-state index contributed by atoms with van der Waals surface area (Å²) < 4.78 is 9.62. The van der Waals surface area contributed by atoms with Crippen molar-refractivity contribution in [2.45, 2.75) is 13.5 Å². The molecule has 0 saturated heterocycles. The smallest absolute Gasteiger partial charge is 0.374 e. The molecular formula is C8H11NO3. The molecule has 0 bridgehead atoms. The summed E-state index contributed by atoms with van der Waals surface area (Å²) in [4.78, 5) is 11.0. The van der Waals surface area contributed by atoms with Crippen molar-refractivity contribution in [3.8, 4) is 0 Å². The number of nitrogens with two attached hydrogens (primary N) is 1. The van der Waals surface area contributed by atoms with Gasteiger partial charge in [0.15, 0.2) is 0 Å². The van der Waals surface area contributed by atoms with Gasteiger partial charge in [-0.3, -0.25) is 0 Å². The second-order valence-corrected chi connectivity index (χ2v) is 2.42. The maximum Gasteiger partial charge on any atom is 0.374 e. The molecule has 1 heterocycles. The lowest BCUT2D eigenvalue weighted by atomic mass is 10.2. The van der Waals surface area contributed by atoms with E-state index in [-0.39, 0.29) is 12.3 Å². The van der Waals surface area contributed by atoms with Gasteiger partial charge in [-0.05, 0) is 13.0 Å². The zero-order valence-electron chi connectivity index (χ0n) is 7.09. The predicted octanol–water partition coefficient (Wildman–Crippen LogP) is 0.833. The van der Waals surface area contributed by atoms with Crippen molar-refractivity contribution in [1.82, 2.24) is 0 Å². The second-order valence-electron chi connectivity index (χ2n) is 2.42. The quantitative estimate of drug-likeness (QED) is 0.666. The number of rotatable bonds is 2. The van der Waals surface area contributed by atoms with Gasteiger partial charge in [0, 0.05) is 5.56 Å². The predicted molar refractivity (Wildman–Crippen MR) is 42.7 cm³/mol. The number of esters is 1. The first-order chi connectivity index (χ1) is 5.69. The Balaban J connectivity index is 2.99. The highest BCUT2D eigenvalue weighted by Gasteiger charge is 2.14. The van der Waals surface area contributed by atoms with Crippen molar-refractivity contribution in [2.24, 2.45) is 5.73 Å². The van der Waals surface area contributed by atoms with Crippen LogP contribution in [-0.4, -0.2) is 13.1 Å². The minimum Gasteiger partial charge on any atom is -0.463 e. The van der Waals surface area contributed by atoms with E-state index in [4.69, 9.17) is 10.2 Å². The molecule has 0 fully saturated rings. The van der Waals surface area contributed by atoms with Crippen molar-refractivity contribution in [1.29, 1.82) is 0 Å². The topological polar surface area (TPSA) is 65.5 Å². The van der Waals surface area contributed by atoms with Crippen LogP contribution in [0.4, 0.5) is 0 Å². The Morgan fingerprint density at radius 2 is 2.42 bits per heavy atom. The van der Waals surface area contributed by atoms with Gasteiger partial charge in [-0.1, -0.05) is 0 Å². The summed E-state index contributed by atoms with van der Waals surface area (Å²) in [6.45, 7) is 2.06. The molecule has 0 saturated carbocycles. The van der Waals surface area contributed by atoms with Crippen LogP contribution in [0, 0.1) is 6.92 Å². The number of aryl methyl sites for hydroxylation is 1. The number of hydrogen-bond acceptors (Lipinski definition) is 4. The van der Waals surface area contributed by atoms with Crippen LogP contribution in [-0.2, 0) is 11.3 Å². The van der Waals surface area contributed by atoms with Gasteiger partial charge >= 0.3 is 5.97 Å². The average molecular weight is 169 g/mol. The Hall–Kier alpha value is -1.29. The first-order valence-corrected chi connectivity index (χ1v) is 3.56. The third-order valence-corrected chi connectivity index (χ3v) is 1.54. The van der Waals surface area contributed by atoms with E-state index < -0.39 is 5.97 Å². The minimum atomic E-state index is -0.466. The van der Waals surface area contributed by atoms with Crippen molar-refractivity contribution in [3.63, 3.8) is 0 Å². The summed E-state index contributed by atoms with van der Waals surface area (Å²) in [5, 5.41) is 0. The lowest BCUT2D eigenvalue weighted by molar-refractivity contribution is 0.0562. The van der Waals surface area contributed by atoms with E-state index in [2.05, 4.69) is 4.74 Å². The maximum atomic E-state index is 11.0. The summed E-state index contributed by atoms with van der Waals surface area (Å²) >= 11 is 0. The molecule has 0 spiro atoms. The van der Waals surface area contributed by atoms with Crippen LogP contribution in [0.5, 0.6) is 0 Å². The number of carbonyl (C=O) groups is 1. The maximum absolute atomic E-state index is 11.0. The molecular weight excluding hydrogens is 158 g/mol. The zero-order chi connectivity index (χ0) is 9.14. The molecule has 0 unspecified atom stereocenters. The Morgan fingerprint density at radius 3 is 2.83 bits per heavy atom. The summed E-state index contributed by atoms with van der Waals surface area (Å²) in [5.74, 6) is 0.359. The van der Waals surface area contributed by atoms with Crippen LogP contribution in [0.1, 0.15) is 21.9 Å². The molecule has 0 aliphatic heterocycles. The molecule has 0 aliphatic rings. The highest BCUT2D eigenvalue weighted by molar-refractivity contribution is 5.87. The van der Waals surface area contributed by atoms with Crippen molar-refractivity contribution in [2.75, 3.05) is 7.11 Å².